The first-order valence-corrected chi connectivity index (χ1v) is 7.32. The Morgan fingerprint density at radius 2 is 2.04 bits per heavy atom. The van der Waals surface area contributed by atoms with Gasteiger partial charge in [0, 0.05) is 6.42 Å². The summed E-state index contributed by atoms with van der Waals surface area (Å²) < 4.78 is 40.9. The Morgan fingerprint density at radius 3 is 2.65 bits per heavy atom. The molecule has 1 aromatic carbocycles. The van der Waals surface area contributed by atoms with Gasteiger partial charge in [0.05, 0.1) is 22.3 Å². The Bertz CT molecular complexity index is 794. The summed E-state index contributed by atoms with van der Waals surface area (Å²) in [4.78, 5) is 0. The van der Waals surface area contributed by atoms with Crippen LogP contribution >= 0.6 is 23.2 Å². The molecule has 0 bridgehead atoms. The first-order valence-electron chi connectivity index (χ1n) is 6.57. The van der Waals surface area contributed by atoms with Crippen molar-refractivity contribution in [2.24, 2.45) is 0 Å². The van der Waals surface area contributed by atoms with Gasteiger partial charge in [-0.3, -0.25) is 0 Å². The Balaban J connectivity index is 2.05. The van der Waals surface area contributed by atoms with Gasteiger partial charge in [-0.05, 0) is 17.7 Å². The second kappa shape index (κ2) is 5.62. The molecule has 2 unspecified atom stereocenters. The monoisotopic (exact) mass is 360 g/mol. The zero-order chi connectivity index (χ0) is 16.8. The predicted octanol–water partition coefficient (Wildman–Crippen LogP) is 4.72. The van der Waals surface area contributed by atoms with E-state index in [1.54, 1.807) is 6.07 Å². The number of anilines is 1. The van der Waals surface area contributed by atoms with Gasteiger partial charge in [-0.15, -0.1) is 0 Å². The molecule has 0 spiro atoms. The molecule has 1 N–H and O–H groups in total. The summed E-state index contributed by atoms with van der Waals surface area (Å²) in [6.45, 7) is 0. The van der Waals surface area contributed by atoms with Gasteiger partial charge in [-0.2, -0.15) is 23.5 Å². The lowest BCUT2D eigenvalue weighted by Crippen LogP contribution is -2.35. The van der Waals surface area contributed by atoms with Crippen molar-refractivity contribution in [3.05, 3.63) is 45.6 Å². The van der Waals surface area contributed by atoms with Gasteiger partial charge in [0.2, 0.25) is 0 Å². The smallest absolute Gasteiger partial charge is 0.362 e. The fraction of sp³-hybridized carbons (Fsp3) is 0.286. The van der Waals surface area contributed by atoms with Gasteiger partial charge in [0.25, 0.3) is 0 Å². The highest BCUT2D eigenvalue weighted by atomic mass is 35.5. The molecule has 0 aliphatic carbocycles. The van der Waals surface area contributed by atoms with Crippen LogP contribution in [0.15, 0.2) is 24.4 Å². The summed E-state index contributed by atoms with van der Waals surface area (Å²) in [5, 5.41) is 16.3. The molecule has 1 aliphatic rings. The number of fused-ring (bicyclic) bond motifs is 1. The first-order chi connectivity index (χ1) is 10.8. The fourth-order valence-corrected chi connectivity index (χ4v) is 2.90. The third-order valence-electron chi connectivity index (χ3n) is 3.70. The molecule has 0 saturated heterocycles. The first kappa shape index (κ1) is 16.0. The van der Waals surface area contributed by atoms with E-state index in [1.807, 2.05) is 6.07 Å². The number of halogens is 5. The lowest BCUT2D eigenvalue weighted by molar-refractivity contribution is -0.173. The number of benzene rings is 1. The number of aromatic nitrogens is 2. The largest absolute Gasteiger partial charge is 0.410 e. The minimum atomic E-state index is -4.48. The lowest BCUT2D eigenvalue weighted by Gasteiger charge is -2.33. The number of rotatable bonds is 1. The zero-order valence-corrected chi connectivity index (χ0v) is 12.9. The van der Waals surface area contributed by atoms with Crippen LogP contribution in [-0.4, -0.2) is 16.0 Å². The molecule has 0 saturated carbocycles. The van der Waals surface area contributed by atoms with Crippen molar-refractivity contribution in [1.82, 2.24) is 9.78 Å². The molecule has 9 heteroatoms. The molecular formula is C14H9Cl2F3N4. The van der Waals surface area contributed by atoms with Crippen molar-refractivity contribution in [2.45, 2.75) is 24.7 Å². The highest BCUT2D eigenvalue weighted by Crippen LogP contribution is 2.44. The lowest BCUT2D eigenvalue weighted by atomic mass is 9.96. The summed E-state index contributed by atoms with van der Waals surface area (Å²) in [6, 6.07) is 4.02. The van der Waals surface area contributed by atoms with Crippen LogP contribution in [0.25, 0.3) is 0 Å². The Hall–Kier alpha value is -1.91. The molecule has 1 aromatic heterocycles. The summed E-state index contributed by atoms with van der Waals surface area (Å²) >= 11 is 11.8. The van der Waals surface area contributed by atoms with E-state index in [1.165, 1.54) is 12.1 Å². The maximum Gasteiger partial charge on any atom is 0.410 e. The minimum Gasteiger partial charge on any atom is -0.362 e. The van der Waals surface area contributed by atoms with Gasteiger partial charge in [0.15, 0.2) is 6.04 Å². The summed E-state index contributed by atoms with van der Waals surface area (Å²) in [5.41, 5.74) is 0.619. The quantitative estimate of drug-likeness (QED) is 0.800. The van der Waals surface area contributed by atoms with Crippen LogP contribution in [0.5, 0.6) is 0 Å². The van der Waals surface area contributed by atoms with Crippen LogP contribution in [0.1, 0.15) is 29.6 Å². The number of hydrogen-bond acceptors (Lipinski definition) is 3. The van der Waals surface area contributed by atoms with Crippen molar-refractivity contribution in [3.63, 3.8) is 0 Å². The van der Waals surface area contributed by atoms with Crippen LogP contribution in [0.2, 0.25) is 10.0 Å². The summed E-state index contributed by atoms with van der Waals surface area (Å²) in [7, 11) is 0. The second-order valence-electron chi connectivity index (χ2n) is 5.13. The van der Waals surface area contributed by atoms with Crippen LogP contribution < -0.4 is 5.32 Å². The Morgan fingerprint density at radius 1 is 1.30 bits per heavy atom. The normalized spacial score (nSPS) is 20.5. The molecule has 1 aliphatic heterocycles. The molecule has 2 atom stereocenters. The molecular weight excluding hydrogens is 352 g/mol. The summed E-state index contributed by atoms with van der Waals surface area (Å²) in [6.07, 6.45) is -3.62. The van der Waals surface area contributed by atoms with E-state index in [0.717, 1.165) is 10.9 Å². The van der Waals surface area contributed by atoms with Gasteiger partial charge in [0.1, 0.15) is 17.5 Å². The van der Waals surface area contributed by atoms with Crippen LogP contribution in [0.3, 0.4) is 0 Å². The van der Waals surface area contributed by atoms with Crippen molar-refractivity contribution >= 4 is 29.0 Å². The van der Waals surface area contributed by atoms with Crippen LogP contribution in [-0.2, 0) is 0 Å². The van der Waals surface area contributed by atoms with Gasteiger partial charge >= 0.3 is 6.18 Å². The molecule has 2 heterocycles. The second-order valence-corrected chi connectivity index (χ2v) is 5.94. The fourth-order valence-electron chi connectivity index (χ4n) is 2.59. The molecule has 3 rings (SSSR count). The topological polar surface area (TPSA) is 53.6 Å². The molecule has 120 valence electrons. The van der Waals surface area contributed by atoms with Gasteiger partial charge in [-0.1, -0.05) is 29.3 Å². The summed E-state index contributed by atoms with van der Waals surface area (Å²) in [5.74, 6) is 0.0529. The average molecular weight is 361 g/mol. The number of alkyl halides is 3. The minimum absolute atomic E-state index is 0.0529. The number of nitrogens with one attached hydrogen (secondary N) is 1. The van der Waals surface area contributed by atoms with Crippen molar-refractivity contribution in [2.75, 3.05) is 5.32 Å². The molecule has 0 amide bonds. The third kappa shape index (κ3) is 2.84. The number of nitrogens with zero attached hydrogens (tertiary/aromatic N) is 3. The van der Waals surface area contributed by atoms with Gasteiger partial charge < -0.3 is 5.32 Å². The third-order valence-corrected chi connectivity index (χ3v) is 4.44. The highest BCUT2D eigenvalue weighted by molar-refractivity contribution is 6.42. The maximum absolute atomic E-state index is 13.3. The van der Waals surface area contributed by atoms with E-state index in [4.69, 9.17) is 28.5 Å². The van der Waals surface area contributed by atoms with E-state index >= 15 is 0 Å². The van der Waals surface area contributed by atoms with E-state index < -0.39 is 18.3 Å². The van der Waals surface area contributed by atoms with Gasteiger partial charge in [-0.25, -0.2) is 4.68 Å². The number of nitriles is 1. The molecule has 23 heavy (non-hydrogen) atoms. The molecule has 0 radical (unpaired) electrons. The van der Waals surface area contributed by atoms with E-state index in [-0.39, 0.29) is 22.8 Å². The van der Waals surface area contributed by atoms with E-state index in [2.05, 4.69) is 10.4 Å². The van der Waals surface area contributed by atoms with Crippen molar-refractivity contribution in [3.8, 4) is 6.07 Å². The van der Waals surface area contributed by atoms with Crippen molar-refractivity contribution in [1.29, 1.82) is 5.26 Å². The predicted molar refractivity (Wildman–Crippen MR) is 79.5 cm³/mol. The Labute approximate surface area is 139 Å². The Kier molecular flexibility index (Phi) is 3.90. The molecule has 2 aromatic rings. The molecule has 0 fully saturated rings. The SMILES string of the molecule is N#Cc1cnn2c1NC(c1ccc(Cl)c(Cl)c1)CC2C(F)(F)F. The van der Waals surface area contributed by atoms with Crippen LogP contribution in [0.4, 0.5) is 19.0 Å². The average Bonchev–Trinajstić information content (AvgIpc) is 2.91. The van der Waals surface area contributed by atoms with E-state index in [9.17, 15) is 13.2 Å². The zero-order valence-electron chi connectivity index (χ0n) is 11.4. The van der Waals surface area contributed by atoms with E-state index in [0.29, 0.717) is 10.6 Å². The number of hydrogen-bond donors (Lipinski definition) is 1. The maximum atomic E-state index is 13.3. The highest BCUT2D eigenvalue weighted by Gasteiger charge is 2.47. The molecule has 4 nitrogen and oxygen atoms in total. The standard InChI is InChI=1S/C14H9Cl2F3N4/c15-9-2-1-7(3-10(9)16)11-4-12(14(17,18)19)23-13(22-11)8(5-20)6-21-23/h1-3,6,11-12,22H,4H2. The van der Waals surface area contributed by atoms with Crippen molar-refractivity contribution < 1.29 is 13.2 Å². The van der Waals surface area contributed by atoms with Crippen LogP contribution in [0, 0.1) is 11.3 Å².